The van der Waals surface area contributed by atoms with E-state index in [0.717, 1.165) is 18.1 Å². The maximum absolute atomic E-state index is 5.57. The highest BCUT2D eigenvalue weighted by atomic mass is 16.5. The van der Waals surface area contributed by atoms with Gasteiger partial charge in [0.05, 0.1) is 34.5 Å². The molecule has 0 saturated carbocycles. The highest BCUT2D eigenvalue weighted by Crippen LogP contribution is 2.38. The lowest BCUT2D eigenvalue weighted by Crippen LogP contribution is -2.37. The van der Waals surface area contributed by atoms with Gasteiger partial charge in [-0.2, -0.15) is 0 Å². The summed E-state index contributed by atoms with van der Waals surface area (Å²) in [5.41, 5.74) is 3.31. The van der Waals surface area contributed by atoms with Gasteiger partial charge in [-0.1, -0.05) is 24.3 Å². The molecule has 0 aliphatic carbocycles. The van der Waals surface area contributed by atoms with E-state index in [1.807, 2.05) is 38.1 Å². The monoisotopic (exact) mass is 415 g/mol. The number of nitrogens with zero attached hydrogens (tertiary/aromatic N) is 1. The molecule has 0 atom stereocenters. The molecule has 0 saturated heterocycles. The van der Waals surface area contributed by atoms with Crippen molar-refractivity contribution in [2.45, 2.75) is 33.5 Å². The summed E-state index contributed by atoms with van der Waals surface area (Å²) in [6.07, 6.45) is 0. The molecular formula is C23H33N3O4. The lowest BCUT2D eigenvalue weighted by molar-refractivity contribution is 0.133. The quantitative estimate of drug-likeness (QED) is 0.432. The second-order valence-corrected chi connectivity index (χ2v) is 6.49. The Morgan fingerprint density at radius 3 is 2.13 bits per heavy atom. The highest BCUT2D eigenvalue weighted by Gasteiger charge is 2.13. The minimum atomic E-state index is 0.465. The average Bonchev–Trinajstić information content (AvgIpc) is 2.79. The van der Waals surface area contributed by atoms with Crippen LogP contribution in [0.2, 0.25) is 0 Å². The fourth-order valence-electron chi connectivity index (χ4n) is 3.00. The van der Waals surface area contributed by atoms with E-state index in [1.165, 1.54) is 11.1 Å². The zero-order chi connectivity index (χ0) is 21.8. The standard InChI is InChI=1S/C23H33N3O4/c1-6-24-23(26-15-18-10-8-9-11-19(18)16-30-7-2)25-14-17-12-20(27-3)22(29-5)21(13-17)28-4/h8-13H,6-7,14-16H2,1-5H3,(H2,24,25,26). The van der Waals surface area contributed by atoms with Crippen LogP contribution in [-0.4, -0.2) is 40.4 Å². The molecular weight excluding hydrogens is 382 g/mol. The Kier molecular flexibility index (Phi) is 9.80. The highest BCUT2D eigenvalue weighted by molar-refractivity contribution is 5.79. The van der Waals surface area contributed by atoms with Crippen LogP contribution in [-0.2, 0) is 24.4 Å². The Morgan fingerprint density at radius 1 is 0.900 bits per heavy atom. The molecule has 0 spiro atoms. The normalized spacial score (nSPS) is 11.2. The van der Waals surface area contributed by atoms with Crippen LogP contribution in [0.5, 0.6) is 17.2 Å². The van der Waals surface area contributed by atoms with Gasteiger partial charge in [0.2, 0.25) is 5.75 Å². The van der Waals surface area contributed by atoms with Crippen LogP contribution in [0, 0.1) is 0 Å². The van der Waals surface area contributed by atoms with Crippen molar-refractivity contribution in [3.63, 3.8) is 0 Å². The lowest BCUT2D eigenvalue weighted by Gasteiger charge is -2.15. The summed E-state index contributed by atoms with van der Waals surface area (Å²) in [7, 11) is 4.81. The van der Waals surface area contributed by atoms with E-state index in [4.69, 9.17) is 23.9 Å². The van der Waals surface area contributed by atoms with Crippen molar-refractivity contribution in [1.29, 1.82) is 0 Å². The molecule has 0 radical (unpaired) electrons. The number of ether oxygens (including phenoxy) is 4. The zero-order valence-corrected chi connectivity index (χ0v) is 18.6. The molecule has 0 aliphatic rings. The fourth-order valence-corrected chi connectivity index (χ4v) is 3.00. The predicted octanol–water partition coefficient (Wildman–Crippen LogP) is 3.50. The van der Waals surface area contributed by atoms with Crippen LogP contribution in [0.1, 0.15) is 30.5 Å². The third-order valence-corrected chi connectivity index (χ3v) is 4.51. The molecule has 7 nitrogen and oxygen atoms in total. The van der Waals surface area contributed by atoms with Crippen LogP contribution in [0.3, 0.4) is 0 Å². The Labute approximate surface area is 179 Å². The maximum Gasteiger partial charge on any atom is 0.203 e. The molecule has 30 heavy (non-hydrogen) atoms. The van der Waals surface area contributed by atoms with Crippen LogP contribution in [0.25, 0.3) is 0 Å². The van der Waals surface area contributed by atoms with E-state index in [0.29, 0.717) is 43.6 Å². The van der Waals surface area contributed by atoms with Crippen molar-refractivity contribution >= 4 is 5.96 Å². The van der Waals surface area contributed by atoms with E-state index in [9.17, 15) is 0 Å². The first-order valence-electron chi connectivity index (χ1n) is 10.1. The van der Waals surface area contributed by atoms with Crippen molar-refractivity contribution < 1.29 is 18.9 Å². The first-order chi connectivity index (χ1) is 14.7. The smallest absolute Gasteiger partial charge is 0.203 e. The molecule has 7 heteroatoms. The molecule has 0 unspecified atom stereocenters. The second-order valence-electron chi connectivity index (χ2n) is 6.49. The molecule has 2 rings (SSSR count). The van der Waals surface area contributed by atoms with Crippen molar-refractivity contribution in [1.82, 2.24) is 10.6 Å². The number of guanidine groups is 1. The minimum Gasteiger partial charge on any atom is -0.493 e. The molecule has 0 aliphatic heterocycles. The summed E-state index contributed by atoms with van der Waals surface area (Å²) < 4.78 is 21.8. The Morgan fingerprint density at radius 2 is 1.57 bits per heavy atom. The number of methoxy groups -OCH3 is 3. The van der Waals surface area contributed by atoms with Crippen molar-refractivity contribution in [3.05, 3.63) is 53.1 Å². The number of hydrogen-bond donors (Lipinski definition) is 2. The summed E-state index contributed by atoms with van der Waals surface area (Å²) in [5, 5.41) is 6.69. The third kappa shape index (κ3) is 6.56. The molecule has 0 bridgehead atoms. The summed E-state index contributed by atoms with van der Waals surface area (Å²) in [6, 6.07) is 12.1. The Bertz CT molecular complexity index is 799. The molecule has 0 amide bonds. The Hall–Kier alpha value is -2.93. The Balaban J connectivity index is 2.14. The first kappa shape index (κ1) is 23.3. The molecule has 0 heterocycles. The molecule has 2 aromatic rings. The summed E-state index contributed by atoms with van der Waals surface area (Å²) in [4.78, 5) is 4.71. The predicted molar refractivity (Wildman–Crippen MR) is 120 cm³/mol. The van der Waals surface area contributed by atoms with Gasteiger partial charge in [-0.3, -0.25) is 0 Å². The molecule has 0 fully saturated rings. The van der Waals surface area contributed by atoms with Gasteiger partial charge in [0.1, 0.15) is 0 Å². The van der Waals surface area contributed by atoms with Gasteiger partial charge >= 0.3 is 0 Å². The maximum atomic E-state index is 5.57. The van der Waals surface area contributed by atoms with Gasteiger partial charge in [-0.25, -0.2) is 4.99 Å². The SMILES string of the molecule is CCNC(=NCc1cc(OC)c(OC)c(OC)c1)NCc1ccccc1COCC. The van der Waals surface area contributed by atoms with Crippen molar-refractivity contribution in [2.24, 2.45) is 4.99 Å². The van der Waals surface area contributed by atoms with Crippen LogP contribution in [0.15, 0.2) is 41.4 Å². The van der Waals surface area contributed by atoms with Crippen LogP contribution >= 0.6 is 0 Å². The van der Waals surface area contributed by atoms with Crippen LogP contribution in [0.4, 0.5) is 0 Å². The summed E-state index contributed by atoms with van der Waals surface area (Å²) in [6.45, 7) is 7.23. The summed E-state index contributed by atoms with van der Waals surface area (Å²) in [5.74, 6) is 2.54. The first-order valence-corrected chi connectivity index (χ1v) is 10.1. The fraction of sp³-hybridized carbons (Fsp3) is 0.435. The number of hydrogen-bond acceptors (Lipinski definition) is 5. The van der Waals surface area contributed by atoms with Crippen molar-refractivity contribution in [2.75, 3.05) is 34.5 Å². The molecule has 2 N–H and O–H groups in total. The lowest BCUT2D eigenvalue weighted by atomic mass is 10.1. The molecule has 2 aromatic carbocycles. The van der Waals surface area contributed by atoms with Crippen molar-refractivity contribution in [3.8, 4) is 17.2 Å². The zero-order valence-electron chi connectivity index (χ0n) is 18.6. The third-order valence-electron chi connectivity index (χ3n) is 4.51. The topological polar surface area (TPSA) is 73.3 Å². The molecule has 0 aromatic heterocycles. The summed E-state index contributed by atoms with van der Waals surface area (Å²) >= 11 is 0. The van der Waals surface area contributed by atoms with E-state index in [2.05, 4.69) is 22.8 Å². The minimum absolute atomic E-state index is 0.465. The van der Waals surface area contributed by atoms with E-state index in [1.54, 1.807) is 21.3 Å². The van der Waals surface area contributed by atoms with Crippen LogP contribution < -0.4 is 24.8 Å². The number of benzene rings is 2. The van der Waals surface area contributed by atoms with E-state index >= 15 is 0 Å². The van der Waals surface area contributed by atoms with Gasteiger partial charge in [-0.05, 0) is 42.7 Å². The molecule has 164 valence electrons. The van der Waals surface area contributed by atoms with E-state index in [-0.39, 0.29) is 0 Å². The largest absolute Gasteiger partial charge is 0.493 e. The number of nitrogens with one attached hydrogen (secondary N) is 2. The van der Waals surface area contributed by atoms with Gasteiger partial charge in [0.15, 0.2) is 17.5 Å². The van der Waals surface area contributed by atoms with Gasteiger partial charge in [0, 0.05) is 19.7 Å². The van der Waals surface area contributed by atoms with Gasteiger partial charge in [0.25, 0.3) is 0 Å². The van der Waals surface area contributed by atoms with Gasteiger partial charge in [-0.15, -0.1) is 0 Å². The number of aliphatic imine (C=N–C) groups is 1. The van der Waals surface area contributed by atoms with E-state index < -0.39 is 0 Å². The number of rotatable bonds is 11. The average molecular weight is 416 g/mol. The van der Waals surface area contributed by atoms with Gasteiger partial charge < -0.3 is 29.6 Å². The second kappa shape index (κ2) is 12.6.